The fourth-order valence-corrected chi connectivity index (χ4v) is 1.82. The highest BCUT2D eigenvalue weighted by Gasteiger charge is 2.22. The summed E-state index contributed by atoms with van der Waals surface area (Å²) < 4.78 is 10.6. The zero-order chi connectivity index (χ0) is 13.0. The number of benzene rings is 1. The highest BCUT2D eigenvalue weighted by atomic mass is 16.5. The summed E-state index contributed by atoms with van der Waals surface area (Å²) in [6.45, 7) is 2.72. The first-order valence-corrected chi connectivity index (χ1v) is 6.40. The molecular formula is C14H19NO3. The van der Waals surface area contributed by atoms with Gasteiger partial charge in [-0.2, -0.15) is 0 Å². The largest absolute Gasteiger partial charge is 0.491 e. The molecule has 1 aliphatic rings. The van der Waals surface area contributed by atoms with Crippen molar-refractivity contribution in [3.63, 3.8) is 0 Å². The highest BCUT2D eigenvalue weighted by molar-refractivity contribution is 5.94. The molecule has 0 atom stereocenters. The molecule has 18 heavy (non-hydrogen) atoms. The van der Waals surface area contributed by atoms with Crippen LogP contribution < -0.4 is 10.5 Å². The number of hydrogen-bond donors (Lipinski definition) is 1. The smallest absolute Gasteiger partial charge is 0.341 e. The molecule has 1 fully saturated rings. The molecule has 2 N–H and O–H groups in total. The fraction of sp³-hybridized carbons (Fsp3) is 0.500. The number of ether oxygens (including phenoxy) is 2. The Morgan fingerprint density at radius 1 is 1.44 bits per heavy atom. The Labute approximate surface area is 107 Å². The molecule has 0 radical (unpaired) electrons. The van der Waals surface area contributed by atoms with Crippen LogP contribution >= 0.6 is 0 Å². The van der Waals surface area contributed by atoms with E-state index in [-0.39, 0.29) is 5.97 Å². The number of hydrogen-bond acceptors (Lipinski definition) is 4. The third-order valence-electron chi connectivity index (χ3n) is 3.01. The van der Waals surface area contributed by atoms with Crippen LogP contribution in [0.3, 0.4) is 0 Å². The molecule has 0 amide bonds. The van der Waals surface area contributed by atoms with E-state index >= 15 is 0 Å². The van der Waals surface area contributed by atoms with Gasteiger partial charge in [-0.1, -0.05) is 18.9 Å². The molecule has 0 saturated heterocycles. The Morgan fingerprint density at radius 3 is 2.89 bits per heavy atom. The maximum atomic E-state index is 11.8. The first-order valence-electron chi connectivity index (χ1n) is 6.40. The third kappa shape index (κ3) is 3.15. The van der Waals surface area contributed by atoms with Crippen LogP contribution in [0.25, 0.3) is 0 Å². The molecule has 0 heterocycles. The first-order chi connectivity index (χ1) is 8.72. The second-order valence-corrected chi connectivity index (χ2v) is 4.52. The van der Waals surface area contributed by atoms with Gasteiger partial charge in [0.05, 0.1) is 18.9 Å². The van der Waals surface area contributed by atoms with E-state index in [2.05, 4.69) is 0 Å². The van der Waals surface area contributed by atoms with Gasteiger partial charge in [-0.25, -0.2) is 4.79 Å². The number of nitrogens with two attached hydrogens (primary N) is 1. The Morgan fingerprint density at radius 2 is 2.22 bits per heavy atom. The second kappa shape index (κ2) is 5.76. The van der Waals surface area contributed by atoms with Crippen LogP contribution in [0.1, 0.15) is 36.5 Å². The lowest BCUT2D eigenvalue weighted by Gasteiger charge is -2.12. The number of anilines is 1. The topological polar surface area (TPSA) is 61.5 Å². The zero-order valence-corrected chi connectivity index (χ0v) is 10.6. The molecule has 4 nitrogen and oxygen atoms in total. The summed E-state index contributed by atoms with van der Waals surface area (Å²) in [6.07, 6.45) is 3.60. The molecular weight excluding hydrogens is 230 g/mol. The van der Waals surface area contributed by atoms with Crippen LogP contribution in [0, 0.1) is 5.92 Å². The molecule has 1 aromatic carbocycles. The Kier molecular flexibility index (Phi) is 4.07. The van der Waals surface area contributed by atoms with Gasteiger partial charge in [0, 0.05) is 0 Å². The summed E-state index contributed by atoms with van der Waals surface area (Å²) in [5.74, 6) is 0.865. The van der Waals surface area contributed by atoms with E-state index in [0.29, 0.717) is 30.2 Å². The van der Waals surface area contributed by atoms with Gasteiger partial charge in [-0.3, -0.25) is 0 Å². The second-order valence-electron chi connectivity index (χ2n) is 4.52. The van der Waals surface area contributed by atoms with Crippen molar-refractivity contribution in [2.45, 2.75) is 26.2 Å². The van der Waals surface area contributed by atoms with Crippen molar-refractivity contribution in [1.29, 1.82) is 0 Å². The van der Waals surface area contributed by atoms with E-state index in [1.54, 1.807) is 25.1 Å². The number of nitrogen functional groups attached to an aromatic ring is 1. The Balaban J connectivity index is 2.06. The summed E-state index contributed by atoms with van der Waals surface area (Å²) in [6, 6.07) is 5.14. The first kappa shape index (κ1) is 12.7. The van der Waals surface area contributed by atoms with Crippen LogP contribution in [0.5, 0.6) is 5.75 Å². The predicted octanol–water partition coefficient (Wildman–Crippen LogP) is 2.62. The van der Waals surface area contributed by atoms with Gasteiger partial charge in [-0.15, -0.1) is 0 Å². The van der Waals surface area contributed by atoms with Crippen molar-refractivity contribution < 1.29 is 14.3 Å². The maximum absolute atomic E-state index is 11.8. The predicted molar refractivity (Wildman–Crippen MR) is 69.6 cm³/mol. The van der Waals surface area contributed by atoms with Gasteiger partial charge >= 0.3 is 5.97 Å². The molecule has 0 aromatic heterocycles. The summed E-state index contributed by atoms with van der Waals surface area (Å²) >= 11 is 0. The molecule has 0 bridgehead atoms. The van der Waals surface area contributed by atoms with Crippen molar-refractivity contribution in [3.05, 3.63) is 23.8 Å². The molecule has 98 valence electrons. The van der Waals surface area contributed by atoms with Crippen molar-refractivity contribution in [1.82, 2.24) is 0 Å². The van der Waals surface area contributed by atoms with E-state index in [0.717, 1.165) is 12.3 Å². The number of carbonyl (C=O) groups excluding carboxylic acids is 1. The van der Waals surface area contributed by atoms with Crippen LogP contribution in [0.4, 0.5) is 5.69 Å². The SMILES string of the molecule is CCOC(=O)c1cccc(N)c1OCCC1CC1. The molecule has 1 saturated carbocycles. The van der Waals surface area contributed by atoms with Gasteiger partial charge in [0.1, 0.15) is 5.56 Å². The standard InChI is InChI=1S/C14H19NO3/c1-2-17-14(16)11-4-3-5-12(15)13(11)18-9-8-10-6-7-10/h3-5,10H,2,6-9,15H2,1H3. The van der Waals surface area contributed by atoms with Crippen molar-refractivity contribution in [2.24, 2.45) is 5.92 Å². The zero-order valence-electron chi connectivity index (χ0n) is 10.6. The van der Waals surface area contributed by atoms with E-state index in [1.807, 2.05) is 0 Å². The van der Waals surface area contributed by atoms with Crippen molar-refractivity contribution in [3.8, 4) is 5.75 Å². The molecule has 0 spiro atoms. The average molecular weight is 249 g/mol. The summed E-state index contributed by atoms with van der Waals surface area (Å²) in [5.41, 5.74) is 6.75. The third-order valence-corrected chi connectivity index (χ3v) is 3.01. The van der Waals surface area contributed by atoms with E-state index in [1.165, 1.54) is 12.8 Å². The van der Waals surface area contributed by atoms with E-state index in [9.17, 15) is 4.79 Å². The van der Waals surface area contributed by atoms with Crippen molar-refractivity contribution >= 4 is 11.7 Å². The van der Waals surface area contributed by atoms with Crippen LogP contribution in [0.15, 0.2) is 18.2 Å². The lowest BCUT2D eigenvalue weighted by atomic mass is 10.1. The molecule has 4 heteroatoms. The number of esters is 1. The molecule has 2 rings (SSSR count). The summed E-state index contributed by atoms with van der Waals surface area (Å²) in [5, 5.41) is 0. The minimum absolute atomic E-state index is 0.342. The van der Waals surface area contributed by atoms with Gasteiger partial charge in [-0.05, 0) is 31.4 Å². The van der Waals surface area contributed by atoms with Crippen molar-refractivity contribution in [2.75, 3.05) is 18.9 Å². The molecule has 0 aliphatic heterocycles. The van der Waals surface area contributed by atoms with Crippen LogP contribution in [-0.4, -0.2) is 19.2 Å². The van der Waals surface area contributed by atoms with E-state index in [4.69, 9.17) is 15.2 Å². The molecule has 1 aliphatic carbocycles. The van der Waals surface area contributed by atoms with E-state index < -0.39 is 0 Å². The van der Waals surface area contributed by atoms with Gasteiger partial charge in [0.2, 0.25) is 0 Å². The number of rotatable bonds is 6. The molecule has 0 unspecified atom stereocenters. The normalized spacial score (nSPS) is 14.3. The van der Waals surface area contributed by atoms with Crippen LogP contribution in [0.2, 0.25) is 0 Å². The Bertz CT molecular complexity index is 427. The van der Waals surface area contributed by atoms with Gasteiger partial charge in [0.15, 0.2) is 5.75 Å². The highest BCUT2D eigenvalue weighted by Crippen LogP contribution is 2.33. The minimum atomic E-state index is -0.383. The Hall–Kier alpha value is -1.71. The molecule has 1 aromatic rings. The maximum Gasteiger partial charge on any atom is 0.341 e. The lowest BCUT2D eigenvalue weighted by molar-refractivity contribution is 0.0521. The number of carbonyl (C=O) groups is 1. The summed E-state index contributed by atoms with van der Waals surface area (Å²) in [7, 11) is 0. The minimum Gasteiger partial charge on any atom is -0.491 e. The fourth-order valence-electron chi connectivity index (χ4n) is 1.82. The van der Waals surface area contributed by atoms with Gasteiger partial charge in [0.25, 0.3) is 0 Å². The quantitative estimate of drug-likeness (QED) is 0.622. The number of para-hydroxylation sites is 1. The van der Waals surface area contributed by atoms with Crippen LogP contribution in [-0.2, 0) is 4.74 Å². The summed E-state index contributed by atoms with van der Waals surface area (Å²) in [4.78, 5) is 11.8. The lowest BCUT2D eigenvalue weighted by Crippen LogP contribution is -2.10. The van der Waals surface area contributed by atoms with Gasteiger partial charge < -0.3 is 15.2 Å². The monoisotopic (exact) mass is 249 g/mol. The average Bonchev–Trinajstić information content (AvgIpc) is 3.15.